The van der Waals surface area contributed by atoms with Crippen LogP contribution in [0.2, 0.25) is 0 Å². The number of esters is 1. The van der Waals surface area contributed by atoms with E-state index >= 15 is 0 Å². The number of methoxy groups -OCH3 is 1. The van der Waals surface area contributed by atoms with Gasteiger partial charge >= 0.3 is 5.97 Å². The second kappa shape index (κ2) is 16.7. The minimum Gasteiger partial charge on any atom is -0.469 e. The first-order valence-electron chi connectivity index (χ1n) is 20.1. The summed E-state index contributed by atoms with van der Waals surface area (Å²) in [7, 11) is 1.43. The van der Waals surface area contributed by atoms with E-state index in [9.17, 15) is 4.79 Å². The van der Waals surface area contributed by atoms with E-state index in [0.717, 1.165) is 44.5 Å². The molecule has 1 N–H and O–H groups in total. The SMILES string of the molecule is COC(=O)C[C@H](c1ccccc1)c1cc(NC(c2ccccc2)(c2ccccc2)c2ccccc2)nc2c1nnn2C(c1ccccc1)(c1ccccc1)c1ccccc1. The molecular weight excluding hydrogens is 739 g/mol. The molecule has 60 heavy (non-hydrogen) atoms. The average molecular weight is 782 g/mol. The highest BCUT2D eigenvalue weighted by molar-refractivity contribution is 5.82. The van der Waals surface area contributed by atoms with Gasteiger partial charge in [-0.05, 0) is 50.6 Å². The van der Waals surface area contributed by atoms with Gasteiger partial charge in [-0.15, -0.1) is 5.10 Å². The summed E-state index contributed by atoms with van der Waals surface area (Å²) < 4.78 is 7.31. The first-order valence-corrected chi connectivity index (χ1v) is 20.1. The summed E-state index contributed by atoms with van der Waals surface area (Å²) in [5.41, 5.74) is 6.97. The van der Waals surface area contributed by atoms with Gasteiger partial charge in [0.1, 0.15) is 22.4 Å². The minimum atomic E-state index is -1.01. The maximum absolute atomic E-state index is 13.4. The Hall–Kier alpha value is -7.64. The number of nitrogens with zero attached hydrogens (tertiary/aromatic N) is 4. The Morgan fingerprint density at radius 1 is 0.567 bits per heavy atom. The summed E-state index contributed by atoms with van der Waals surface area (Å²) in [5, 5.41) is 14.2. The van der Waals surface area contributed by atoms with Crippen LogP contribution in [0.15, 0.2) is 218 Å². The van der Waals surface area contributed by atoms with Gasteiger partial charge in [-0.1, -0.05) is 218 Å². The van der Waals surface area contributed by atoms with Crippen LogP contribution in [0, 0.1) is 0 Å². The van der Waals surface area contributed by atoms with Crippen LogP contribution >= 0.6 is 0 Å². The van der Waals surface area contributed by atoms with E-state index in [4.69, 9.17) is 20.0 Å². The number of pyridine rings is 1. The zero-order chi connectivity index (χ0) is 40.8. The zero-order valence-electron chi connectivity index (χ0n) is 33.2. The number of hydrogen-bond acceptors (Lipinski definition) is 6. The molecule has 9 rings (SSSR count). The van der Waals surface area contributed by atoms with Crippen molar-refractivity contribution in [2.75, 3.05) is 12.4 Å². The molecule has 7 aromatic carbocycles. The van der Waals surface area contributed by atoms with Gasteiger partial charge in [0, 0.05) is 5.92 Å². The summed E-state index contributed by atoms with van der Waals surface area (Å²) in [6.07, 6.45) is 0.0777. The topological polar surface area (TPSA) is 81.9 Å². The monoisotopic (exact) mass is 781 g/mol. The number of ether oxygens (including phenoxy) is 1. The highest BCUT2D eigenvalue weighted by Gasteiger charge is 2.43. The van der Waals surface area contributed by atoms with Gasteiger partial charge in [-0.3, -0.25) is 4.79 Å². The zero-order valence-corrected chi connectivity index (χ0v) is 33.2. The molecular formula is C53H43N5O2. The summed E-state index contributed by atoms with van der Waals surface area (Å²) in [6.45, 7) is 0. The lowest BCUT2D eigenvalue weighted by molar-refractivity contribution is -0.140. The largest absolute Gasteiger partial charge is 0.469 e. The van der Waals surface area contributed by atoms with Crippen molar-refractivity contribution in [2.24, 2.45) is 0 Å². The number of nitrogens with one attached hydrogen (secondary N) is 1. The van der Waals surface area contributed by atoms with Gasteiger partial charge in [0.25, 0.3) is 0 Å². The van der Waals surface area contributed by atoms with Crippen molar-refractivity contribution in [3.63, 3.8) is 0 Å². The van der Waals surface area contributed by atoms with Gasteiger partial charge in [-0.2, -0.15) is 0 Å². The number of fused-ring (bicyclic) bond motifs is 1. The van der Waals surface area contributed by atoms with Gasteiger partial charge in [-0.25, -0.2) is 9.67 Å². The molecule has 0 aliphatic heterocycles. The lowest BCUT2D eigenvalue weighted by Gasteiger charge is -2.38. The number of benzene rings is 7. The molecule has 0 saturated heterocycles. The van der Waals surface area contributed by atoms with Crippen molar-refractivity contribution < 1.29 is 9.53 Å². The third-order valence-electron chi connectivity index (χ3n) is 11.4. The highest BCUT2D eigenvalue weighted by Crippen LogP contribution is 2.45. The lowest BCUT2D eigenvalue weighted by Crippen LogP contribution is -2.39. The second-order valence-electron chi connectivity index (χ2n) is 14.8. The maximum Gasteiger partial charge on any atom is 0.306 e. The summed E-state index contributed by atoms with van der Waals surface area (Å²) in [5.74, 6) is -0.212. The number of aromatic nitrogens is 4. The smallest absolute Gasteiger partial charge is 0.306 e. The molecule has 9 aromatic rings. The van der Waals surface area contributed by atoms with Crippen LogP contribution in [0.4, 0.5) is 5.82 Å². The fourth-order valence-corrected chi connectivity index (χ4v) is 8.70. The van der Waals surface area contributed by atoms with Crippen LogP contribution in [0.5, 0.6) is 0 Å². The molecule has 0 fully saturated rings. The fourth-order valence-electron chi connectivity index (χ4n) is 8.70. The molecule has 0 aliphatic carbocycles. The van der Waals surface area contributed by atoms with E-state index in [1.807, 2.05) is 77.5 Å². The van der Waals surface area contributed by atoms with Gasteiger partial charge in [0.2, 0.25) is 0 Å². The van der Waals surface area contributed by atoms with Gasteiger partial charge in [0.05, 0.1) is 13.5 Å². The molecule has 0 amide bonds. The van der Waals surface area contributed by atoms with Crippen molar-refractivity contribution >= 4 is 23.0 Å². The fraction of sp³-hybridized carbons (Fsp3) is 0.0943. The van der Waals surface area contributed by atoms with E-state index in [2.05, 4.69) is 151 Å². The van der Waals surface area contributed by atoms with Crippen LogP contribution in [-0.4, -0.2) is 33.1 Å². The Labute approximate surface area is 350 Å². The number of carbonyl (C=O) groups is 1. The maximum atomic E-state index is 13.4. The first kappa shape index (κ1) is 37.9. The van der Waals surface area contributed by atoms with Crippen LogP contribution in [0.25, 0.3) is 11.2 Å². The predicted molar refractivity (Wildman–Crippen MR) is 238 cm³/mol. The molecule has 7 heteroatoms. The van der Waals surface area contributed by atoms with E-state index in [1.54, 1.807) is 0 Å². The van der Waals surface area contributed by atoms with E-state index < -0.39 is 17.0 Å². The molecule has 0 radical (unpaired) electrons. The second-order valence-corrected chi connectivity index (χ2v) is 14.8. The third kappa shape index (κ3) is 6.80. The van der Waals surface area contributed by atoms with Crippen LogP contribution < -0.4 is 5.32 Å². The van der Waals surface area contributed by atoms with E-state index in [-0.39, 0.29) is 12.4 Å². The standard InChI is InChI=1S/C53H43N5O2/c1-60-49(59)38-46(39-23-9-2-10-24-39)47-37-48(55-52(40-25-11-3-12-26-40,41-27-13-4-14-28-41)42-29-15-5-16-30-42)54-51-50(47)56-57-58(51)53(43-31-17-6-18-32-43,44-33-19-7-20-34-44)45-35-21-8-22-36-45/h2-37,46H,38H2,1H3,(H,54,55)/t46-/m1/s1. The Morgan fingerprint density at radius 2 is 0.950 bits per heavy atom. The van der Waals surface area contributed by atoms with Crippen molar-refractivity contribution in [1.29, 1.82) is 0 Å². The number of anilines is 1. The Morgan fingerprint density at radius 3 is 1.35 bits per heavy atom. The Kier molecular flexibility index (Phi) is 10.5. The summed E-state index contributed by atoms with van der Waals surface area (Å²) in [6, 6.07) is 74.6. The molecule has 0 aliphatic rings. The molecule has 0 unspecified atom stereocenters. The molecule has 0 spiro atoms. The Balaban J connectivity index is 1.40. The van der Waals surface area contributed by atoms with Crippen molar-refractivity contribution in [3.8, 4) is 0 Å². The first-order chi connectivity index (χ1) is 29.6. The predicted octanol–water partition coefficient (Wildman–Crippen LogP) is 10.8. The number of rotatable bonds is 13. The molecule has 2 heterocycles. The molecule has 7 nitrogen and oxygen atoms in total. The minimum absolute atomic E-state index is 0.0777. The van der Waals surface area contributed by atoms with Crippen LogP contribution in [0.3, 0.4) is 0 Å². The third-order valence-corrected chi connectivity index (χ3v) is 11.4. The van der Waals surface area contributed by atoms with Gasteiger partial charge < -0.3 is 10.1 Å². The normalized spacial score (nSPS) is 12.2. The van der Waals surface area contributed by atoms with Crippen molar-refractivity contribution in [3.05, 3.63) is 263 Å². The molecule has 292 valence electrons. The van der Waals surface area contributed by atoms with Crippen LogP contribution in [-0.2, 0) is 20.6 Å². The average Bonchev–Trinajstić information content (AvgIpc) is 3.76. The van der Waals surface area contributed by atoms with Crippen LogP contribution in [0.1, 0.15) is 56.8 Å². The molecule has 2 aromatic heterocycles. The summed E-state index contributed by atoms with van der Waals surface area (Å²) >= 11 is 0. The molecule has 1 atom stereocenters. The van der Waals surface area contributed by atoms with Crippen molar-refractivity contribution in [2.45, 2.75) is 23.4 Å². The number of hydrogen-bond donors (Lipinski definition) is 1. The summed E-state index contributed by atoms with van der Waals surface area (Å²) in [4.78, 5) is 19.0. The number of carbonyl (C=O) groups excluding carboxylic acids is 1. The quantitative estimate of drug-likeness (QED) is 0.0927. The van der Waals surface area contributed by atoms with Gasteiger partial charge in [0.15, 0.2) is 5.65 Å². The molecule has 0 saturated carbocycles. The lowest BCUT2D eigenvalue weighted by atomic mass is 9.76. The van der Waals surface area contributed by atoms with E-state index in [1.165, 1.54) is 7.11 Å². The highest BCUT2D eigenvalue weighted by atomic mass is 16.5. The Bertz CT molecular complexity index is 2610. The molecule has 0 bridgehead atoms. The van der Waals surface area contributed by atoms with E-state index in [0.29, 0.717) is 17.0 Å². The van der Waals surface area contributed by atoms with Crippen molar-refractivity contribution in [1.82, 2.24) is 20.0 Å².